The summed E-state index contributed by atoms with van der Waals surface area (Å²) in [6.07, 6.45) is 0. The Balaban J connectivity index is 2.05. The first-order valence-electron chi connectivity index (χ1n) is 8.22. The fourth-order valence-electron chi connectivity index (χ4n) is 2.64. The summed E-state index contributed by atoms with van der Waals surface area (Å²) in [4.78, 5) is 0. The molecule has 2 heteroatoms. The minimum absolute atomic E-state index is 0.194. The van der Waals surface area contributed by atoms with E-state index in [0.29, 0.717) is 0 Å². The summed E-state index contributed by atoms with van der Waals surface area (Å²) >= 11 is 0. The second-order valence-corrected chi connectivity index (χ2v) is 8.94. The summed E-state index contributed by atoms with van der Waals surface area (Å²) < 4.78 is 6.07. The smallest absolute Gasteiger partial charge is 0.120 e. The molecule has 0 atom stereocenters. The van der Waals surface area contributed by atoms with Crippen LogP contribution in [0.5, 0.6) is 5.75 Å². The van der Waals surface area contributed by atoms with Crippen molar-refractivity contribution >= 4 is 23.8 Å². The lowest BCUT2D eigenvalue weighted by Crippen LogP contribution is -2.24. The summed E-state index contributed by atoms with van der Waals surface area (Å²) in [5, 5.41) is 4.02. The van der Waals surface area contributed by atoms with Gasteiger partial charge in [-0.05, 0) is 56.7 Å². The van der Waals surface area contributed by atoms with Crippen LogP contribution in [0.15, 0.2) is 84.9 Å². The van der Waals surface area contributed by atoms with Crippen molar-refractivity contribution < 1.29 is 4.74 Å². The molecule has 0 fully saturated rings. The van der Waals surface area contributed by atoms with E-state index in [1.54, 1.807) is 0 Å². The van der Waals surface area contributed by atoms with E-state index in [9.17, 15) is 0 Å². The normalized spacial score (nSPS) is 11.5. The Morgan fingerprint density at radius 1 is 0.625 bits per heavy atom. The quantitative estimate of drug-likeness (QED) is 0.633. The van der Waals surface area contributed by atoms with Gasteiger partial charge in [-0.25, -0.2) is 0 Å². The van der Waals surface area contributed by atoms with Gasteiger partial charge in [0.05, 0.1) is 0 Å². The van der Waals surface area contributed by atoms with Crippen LogP contribution in [-0.2, 0) is 0 Å². The molecule has 0 aliphatic carbocycles. The van der Waals surface area contributed by atoms with Gasteiger partial charge in [0.25, 0.3) is 0 Å². The Bertz CT molecular complexity index is 736. The highest BCUT2D eigenvalue weighted by atomic mass is 31.1. The molecule has 0 saturated heterocycles. The molecule has 3 aromatic carbocycles. The van der Waals surface area contributed by atoms with Gasteiger partial charge < -0.3 is 4.74 Å². The van der Waals surface area contributed by atoms with Crippen LogP contribution in [-0.4, -0.2) is 5.60 Å². The summed E-state index contributed by atoms with van der Waals surface area (Å²) in [5.41, 5.74) is -0.194. The highest BCUT2D eigenvalue weighted by Gasteiger charge is 2.18. The average Bonchev–Trinajstić information content (AvgIpc) is 2.56. The minimum Gasteiger partial charge on any atom is -0.488 e. The van der Waals surface area contributed by atoms with Gasteiger partial charge in [0.2, 0.25) is 0 Å². The van der Waals surface area contributed by atoms with E-state index in [4.69, 9.17) is 4.74 Å². The fourth-order valence-corrected chi connectivity index (χ4v) is 4.97. The molecular formula is C22H23OP. The molecule has 0 aliphatic heterocycles. The zero-order valence-electron chi connectivity index (χ0n) is 14.4. The van der Waals surface area contributed by atoms with Gasteiger partial charge in [-0.15, -0.1) is 0 Å². The molecule has 3 rings (SSSR count). The predicted octanol–water partition coefficient (Wildman–Crippen LogP) is 4.62. The van der Waals surface area contributed by atoms with Gasteiger partial charge >= 0.3 is 0 Å². The van der Waals surface area contributed by atoms with Crippen molar-refractivity contribution in [2.45, 2.75) is 26.4 Å². The maximum absolute atomic E-state index is 6.07. The molecule has 3 aromatic rings. The lowest BCUT2D eigenvalue weighted by atomic mass is 10.2. The minimum atomic E-state index is -0.584. The first-order valence-corrected chi connectivity index (χ1v) is 9.56. The van der Waals surface area contributed by atoms with E-state index in [1.807, 2.05) is 6.07 Å². The summed E-state index contributed by atoms with van der Waals surface area (Å²) in [5.74, 6) is 0.930. The zero-order chi connectivity index (χ0) is 17.0. The van der Waals surface area contributed by atoms with Crippen LogP contribution in [0.3, 0.4) is 0 Å². The SMILES string of the molecule is CC(C)(C)Oc1cccc(P(c2ccccc2)c2ccccc2)c1. The molecule has 0 saturated carbocycles. The topological polar surface area (TPSA) is 9.23 Å². The highest BCUT2D eigenvalue weighted by molar-refractivity contribution is 7.79. The number of benzene rings is 3. The van der Waals surface area contributed by atoms with E-state index < -0.39 is 7.92 Å². The molecule has 0 aromatic heterocycles. The van der Waals surface area contributed by atoms with Crippen molar-refractivity contribution in [2.75, 3.05) is 0 Å². The summed E-state index contributed by atoms with van der Waals surface area (Å²) in [6.45, 7) is 6.24. The van der Waals surface area contributed by atoms with E-state index in [2.05, 4.69) is 99.6 Å². The molecule has 0 spiro atoms. The van der Waals surface area contributed by atoms with Crippen LogP contribution in [0.25, 0.3) is 0 Å². The van der Waals surface area contributed by atoms with E-state index in [1.165, 1.54) is 15.9 Å². The third-order valence-corrected chi connectivity index (χ3v) is 5.95. The van der Waals surface area contributed by atoms with Crippen molar-refractivity contribution in [2.24, 2.45) is 0 Å². The predicted molar refractivity (Wildman–Crippen MR) is 106 cm³/mol. The highest BCUT2D eigenvalue weighted by Crippen LogP contribution is 2.34. The number of hydrogen-bond acceptors (Lipinski definition) is 1. The Labute approximate surface area is 146 Å². The van der Waals surface area contributed by atoms with E-state index >= 15 is 0 Å². The Morgan fingerprint density at radius 3 is 1.62 bits per heavy atom. The number of rotatable bonds is 4. The first-order chi connectivity index (χ1) is 11.5. The second kappa shape index (κ2) is 7.20. The fraction of sp³-hybridized carbons (Fsp3) is 0.182. The molecule has 24 heavy (non-hydrogen) atoms. The van der Waals surface area contributed by atoms with Crippen LogP contribution in [0.4, 0.5) is 0 Å². The van der Waals surface area contributed by atoms with Crippen molar-refractivity contribution in [1.82, 2.24) is 0 Å². The summed E-state index contributed by atoms with van der Waals surface area (Å²) in [6, 6.07) is 30.0. The van der Waals surface area contributed by atoms with Gasteiger partial charge in [-0.3, -0.25) is 0 Å². The first kappa shape index (κ1) is 16.7. The van der Waals surface area contributed by atoms with E-state index in [-0.39, 0.29) is 5.60 Å². The van der Waals surface area contributed by atoms with Crippen LogP contribution in [0.2, 0.25) is 0 Å². The summed E-state index contributed by atoms with van der Waals surface area (Å²) in [7, 11) is -0.584. The van der Waals surface area contributed by atoms with Crippen molar-refractivity contribution in [3.8, 4) is 5.75 Å². The van der Waals surface area contributed by atoms with Gasteiger partial charge in [-0.2, -0.15) is 0 Å². The largest absolute Gasteiger partial charge is 0.488 e. The van der Waals surface area contributed by atoms with Crippen LogP contribution >= 0.6 is 7.92 Å². The Kier molecular flexibility index (Phi) is 5.02. The molecule has 0 aliphatic rings. The van der Waals surface area contributed by atoms with Crippen LogP contribution < -0.4 is 20.7 Å². The van der Waals surface area contributed by atoms with Crippen molar-refractivity contribution in [3.63, 3.8) is 0 Å². The Morgan fingerprint density at radius 2 is 1.12 bits per heavy atom. The third-order valence-electron chi connectivity index (χ3n) is 3.53. The standard InChI is InChI=1S/C22H23OP/c1-22(2,3)23-18-11-10-16-21(17-18)24(19-12-6-4-7-13-19)20-14-8-5-9-15-20/h4-17H,1-3H3. The lowest BCUT2D eigenvalue weighted by molar-refractivity contribution is 0.131. The maximum atomic E-state index is 6.07. The van der Waals surface area contributed by atoms with E-state index in [0.717, 1.165) is 5.75 Å². The van der Waals surface area contributed by atoms with Crippen molar-refractivity contribution in [1.29, 1.82) is 0 Å². The number of hydrogen-bond donors (Lipinski definition) is 0. The monoisotopic (exact) mass is 334 g/mol. The van der Waals surface area contributed by atoms with Crippen LogP contribution in [0.1, 0.15) is 20.8 Å². The molecule has 0 radical (unpaired) electrons. The molecule has 0 N–H and O–H groups in total. The van der Waals surface area contributed by atoms with Gasteiger partial charge in [0.15, 0.2) is 0 Å². The molecule has 0 unspecified atom stereocenters. The molecular weight excluding hydrogens is 311 g/mol. The maximum Gasteiger partial charge on any atom is 0.120 e. The van der Waals surface area contributed by atoms with Crippen LogP contribution in [0, 0.1) is 0 Å². The zero-order valence-corrected chi connectivity index (χ0v) is 15.3. The molecule has 0 amide bonds. The Hall–Kier alpha value is -2.11. The lowest BCUT2D eigenvalue weighted by Gasteiger charge is -2.24. The third kappa shape index (κ3) is 4.24. The van der Waals surface area contributed by atoms with Gasteiger partial charge in [0.1, 0.15) is 11.4 Å². The average molecular weight is 334 g/mol. The van der Waals surface area contributed by atoms with Gasteiger partial charge in [0, 0.05) is 0 Å². The van der Waals surface area contributed by atoms with Gasteiger partial charge in [-0.1, -0.05) is 72.8 Å². The second-order valence-electron chi connectivity index (χ2n) is 6.72. The molecule has 0 heterocycles. The number of ether oxygens (including phenoxy) is 1. The molecule has 1 nitrogen and oxygen atoms in total. The molecule has 122 valence electrons. The van der Waals surface area contributed by atoms with Crippen molar-refractivity contribution in [3.05, 3.63) is 84.9 Å². The molecule has 0 bridgehead atoms.